The molecule has 0 saturated heterocycles. The number of nitrogens with one attached hydrogen (secondary N) is 1. The molecule has 0 bridgehead atoms. The van der Waals surface area contributed by atoms with E-state index in [0.29, 0.717) is 0 Å². The van der Waals surface area contributed by atoms with E-state index in [4.69, 9.17) is 0 Å². The Morgan fingerprint density at radius 3 is 2.22 bits per heavy atom. The molecule has 18 heavy (non-hydrogen) atoms. The molecule has 0 unspecified atom stereocenters. The standard InChI is InChI=1S/C17H27N/c1-3-15-8-10-17(11-9-15)13-18-12-16-6-4-14(2)5-7-16/h4-7,15,17-18H,3,8-13H2,1-2H3. The highest BCUT2D eigenvalue weighted by atomic mass is 14.9. The lowest BCUT2D eigenvalue weighted by molar-refractivity contribution is 0.262. The van der Waals surface area contributed by atoms with Gasteiger partial charge < -0.3 is 5.32 Å². The van der Waals surface area contributed by atoms with Gasteiger partial charge in [0, 0.05) is 6.54 Å². The van der Waals surface area contributed by atoms with Crippen molar-refractivity contribution in [3.05, 3.63) is 35.4 Å². The van der Waals surface area contributed by atoms with Crippen LogP contribution in [0, 0.1) is 18.8 Å². The van der Waals surface area contributed by atoms with Crippen LogP contribution in [-0.2, 0) is 6.54 Å². The summed E-state index contributed by atoms with van der Waals surface area (Å²) in [5.41, 5.74) is 2.75. The molecule has 0 heterocycles. The molecule has 0 radical (unpaired) electrons. The van der Waals surface area contributed by atoms with Gasteiger partial charge in [-0.25, -0.2) is 0 Å². The van der Waals surface area contributed by atoms with Gasteiger partial charge in [-0.15, -0.1) is 0 Å². The van der Waals surface area contributed by atoms with Crippen LogP contribution in [0.2, 0.25) is 0 Å². The van der Waals surface area contributed by atoms with E-state index >= 15 is 0 Å². The molecule has 1 fully saturated rings. The van der Waals surface area contributed by atoms with Crippen LogP contribution in [0.1, 0.15) is 50.2 Å². The maximum atomic E-state index is 3.62. The van der Waals surface area contributed by atoms with Gasteiger partial charge in [-0.2, -0.15) is 0 Å². The van der Waals surface area contributed by atoms with Crippen LogP contribution in [0.4, 0.5) is 0 Å². The molecule has 1 aliphatic rings. The smallest absolute Gasteiger partial charge is 0.0205 e. The molecule has 1 heteroatoms. The van der Waals surface area contributed by atoms with Crippen molar-refractivity contribution in [3.63, 3.8) is 0 Å². The molecule has 1 nitrogen and oxygen atoms in total. The molecule has 0 aromatic heterocycles. The molecule has 0 amide bonds. The van der Waals surface area contributed by atoms with Crippen molar-refractivity contribution >= 4 is 0 Å². The molecule has 0 atom stereocenters. The van der Waals surface area contributed by atoms with E-state index in [1.54, 1.807) is 0 Å². The highest BCUT2D eigenvalue weighted by Gasteiger charge is 2.19. The third-order valence-corrected chi connectivity index (χ3v) is 4.43. The van der Waals surface area contributed by atoms with Crippen LogP contribution in [-0.4, -0.2) is 6.54 Å². The first-order chi connectivity index (χ1) is 8.78. The van der Waals surface area contributed by atoms with Gasteiger partial charge in [0.25, 0.3) is 0 Å². The van der Waals surface area contributed by atoms with Crippen LogP contribution in [0.15, 0.2) is 24.3 Å². The van der Waals surface area contributed by atoms with Crippen molar-refractivity contribution in [2.45, 2.75) is 52.5 Å². The highest BCUT2D eigenvalue weighted by molar-refractivity contribution is 5.21. The van der Waals surface area contributed by atoms with E-state index in [1.165, 1.54) is 49.8 Å². The van der Waals surface area contributed by atoms with Gasteiger partial charge in [0.05, 0.1) is 0 Å². The highest BCUT2D eigenvalue weighted by Crippen LogP contribution is 2.30. The summed E-state index contributed by atoms with van der Waals surface area (Å²) < 4.78 is 0. The number of hydrogen-bond donors (Lipinski definition) is 1. The Kier molecular flexibility index (Phi) is 5.25. The maximum Gasteiger partial charge on any atom is 0.0205 e. The number of rotatable bonds is 5. The minimum Gasteiger partial charge on any atom is -0.312 e. The molecule has 0 spiro atoms. The van der Waals surface area contributed by atoms with Crippen LogP contribution < -0.4 is 5.32 Å². The lowest BCUT2D eigenvalue weighted by atomic mass is 9.81. The zero-order valence-electron chi connectivity index (χ0n) is 11.9. The van der Waals surface area contributed by atoms with E-state index in [0.717, 1.165) is 18.4 Å². The third kappa shape index (κ3) is 4.13. The molecule has 2 rings (SSSR count). The summed E-state index contributed by atoms with van der Waals surface area (Å²) in [6.45, 7) is 6.70. The molecule has 1 aromatic rings. The molecule has 1 saturated carbocycles. The number of hydrogen-bond acceptors (Lipinski definition) is 1. The molecular formula is C17H27N. The number of benzene rings is 1. The molecule has 1 aliphatic carbocycles. The zero-order valence-corrected chi connectivity index (χ0v) is 11.9. The molecular weight excluding hydrogens is 218 g/mol. The second kappa shape index (κ2) is 6.94. The van der Waals surface area contributed by atoms with Crippen molar-refractivity contribution in [1.82, 2.24) is 5.32 Å². The van der Waals surface area contributed by atoms with Gasteiger partial charge in [-0.3, -0.25) is 0 Å². The van der Waals surface area contributed by atoms with E-state index in [9.17, 15) is 0 Å². The Bertz CT molecular complexity index is 333. The predicted octanol–water partition coefficient (Wildman–Crippen LogP) is 4.30. The lowest BCUT2D eigenvalue weighted by Crippen LogP contribution is -2.26. The summed E-state index contributed by atoms with van der Waals surface area (Å²) in [7, 11) is 0. The van der Waals surface area contributed by atoms with Crippen LogP contribution in [0.5, 0.6) is 0 Å². The van der Waals surface area contributed by atoms with Crippen molar-refractivity contribution in [3.8, 4) is 0 Å². The zero-order chi connectivity index (χ0) is 12.8. The Morgan fingerprint density at radius 2 is 1.61 bits per heavy atom. The Hall–Kier alpha value is -0.820. The van der Waals surface area contributed by atoms with Gasteiger partial charge >= 0.3 is 0 Å². The Morgan fingerprint density at radius 1 is 1.00 bits per heavy atom. The van der Waals surface area contributed by atoms with Crippen LogP contribution in [0.3, 0.4) is 0 Å². The summed E-state index contributed by atoms with van der Waals surface area (Å²) in [6, 6.07) is 8.86. The van der Waals surface area contributed by atoms with E-state index in [2.05, 4.69) is 43.4 Å². The van der Waals surface area contributed by atoms with E-state index in [-0.39, 0.29) is 0 Å². The van der Waals surface area contributed by atoms with Crippen LogP contribution >= 0.6 is 0 Å². The maximum absolute atomic E-state index is 3.62. The van der Waals surface area contributed by atoms with E-state index < -0.39 is 0 Å². The summed E-state index contributed by atoms with van der Waals surface area (Å²) in [5.74, 6) is 1.93. The van der Waals surface area contributed by atoms with Crippen LogP contribution in [0.25, 0.3) is 0 Å². The summed E-state index contributed by atoms with van der Waals surface area (Å²) in [5, 5.41) is 3.62. The monoisotopic (exact) mass is 245 g/mol. The minimum atomic E-state index is 0.915. The SMILES string of the molecule is CCC1CCC(CNCc2ccc(C)cc2)CC1. The van der Waals surface area contributed by atoms with E-state index in [1.807, 2.05) is 0 Å². The first kappa shape index (κ1) is 13.6. The predicted molar refractivity (Wildman–Crippen MR) is 78.6 cm³/mol. The normalized spacial score (nSPS) is 24.1. The summed E-state index contributed by atoms with van der Waals surface area (Å²) in [6.07, 6.45) is 7.14. The molecule has 1 aromatic carbocycles. The van der Waals surface area contributed by atoms with Gasteiger partial charge in [0.2, 0.25) is 0 Å². The first-order valence-corrected chi connectivity index (χ1v) is 7.54. The van der Waals surface area contributed by atoms with Crippen molar-refractivity contribution < 1.29 is 0 Å². The summed E-state index contributed by atoms with van der Waals surface area (Å²) >= 11 is 0. The summed E-state index contributed by atoms with van der Waals surface area (Å²) in [4.78, 5) is 0. The van der Waals surface area contributed by atoms with Gasteiger partial charge in [0.1, 0.15) is 0 Å². The van der Waals surface area contributed by atoms with Gasteiger partial charge in [-0.1, -0.05) is 56.0 Å². The second-order valence-corrected chi connectivity index (χ2v) is 5.91. The average Bonchev–Trinajstić information content (AvgIpc) is 2.42. The molecule has 0 aliphatic heterocycles. The minimum absolute atomic E-state index is 0.915. The van der Waals surface area contributed by atoms with Crippen molar-refractivity contribution in [2.24, 2.45) is 11.8 Å². The fraction of sp³-hybridized carbons (Fsp3) is 0.647. The topological polar surface area (TPSA) is 12.0 Å². The van der Waals surface area contributed by atoms with Gasteiger partial charge in [0.15, 0.2) is 0 Å². The first-order valence-electron chi connectivity index (χ1n) is 7.54. The second-order valence-electron chi connectivity index (χ2n) is 5.91. The molecule has 1 N–H and O–H groups in total. The lowest BCUT2D eigenvalue weighted by Gasteiger charge is -2.27. The third-order valence-electron chi connectivity index (χ3n) is 4.43. The fourth-order valence-electron chi connectivity index (χ4n) is 2.97. The van der Waals surface area contributed by atoms with Crippen molar-refractivity contribution in [2.75, 3.05) is 6.54 Å². The largest absolute Gasteiger partial charge is 0.312 e. The Labute approximate surface area is 112 Å². The average molecular weight is 245 g/mol. The quantitative estimate of drug-likeness (QED) is 0.815. The van der Waals surface area contributed by atoms with Gasteiger partial charge in [-0.05, 0) is 43.7 Å². The number of aryl methyl sites for hydroxylation is 1. The molecule has 100 valence electrons. The Balaban J connectivity index is 1.65. The van der Waals surface area contributed by atoms with Crippen molar-refractivity contribution in [1.29, 1.82) is 0 Å². The fourth-order valence-corrected chi connectivity index (χ4v) is 2.97.